The van der Waals surface area contributed by atoms with E-state index < -0.39 is 40.9 Å². The highest BCUT2D eigenvalue weighted by Gasteiger charge is 2.41. The molecule has 0 aliphatic carbocycles. The number of methoxy groups -OCH3 is 1. The van der Waals surface area contributed by atoms with Crippen molar-refractivity contribution in [1.29, 1.82) is 0 Å². The van der Waals surface area contributed by atoms with Crippen molar-refractivity contribution in [1.82, 2.24) is 14.6 Å². The highest BCUT2D eigenvalue weighted by Crippen LogP contribution is 2.35. The lowest BCUT2D eigenvalue weighted by molar-refractivity contribution is -0.148. The Labute approximate surface area is 112 Å². The van der Waals surface area contributed by atoms with Crippen LogP contribution in [0.15, 0.2) is 12.3 Å². The molecule has 2 rings (SSSR count). The molecule has 0 bridgehead atoms. The van der Waals surface area contributed by atoms with Gasteiger partial charge in [0, 0.05) is 0 Å². The predicted octanol–water partition coefficient (Wildman–Crippen LogP) is 2.55. The standard InChI is InChI=1S/C10H5F6N3O2/c1-21-8(20)4-3-17-19-6(10(14,15)16)2-5(9(11,12)13)18-7(4)19/h2-3H,1H3. The summed E-state index contributed by atoms with van der Waals surface area (Å²) in [4.78, 5) is 14.4. The van der Waals surface area contributed by atoms with Crippen LogP contribution in [0, 0.1) is 0 Å². The van der Waals surface area contributed by atoms with E-state index in [1.807, 2.05) is 0 Å². The summed E-state index contributed by atoms with van der Waals surface area (Å²) >= 11 is 0. The number of aromatic nitrogens is 3. The first-order chi connectivity index (χ1) is 9.55. The van der Waals surface area contributed by atoms with Gasteiger partial charge >= 0.3 is 18.3 Å². The molecule has 0 aliphatic heterocycles. The number of halogens is 6. The molecule has 0 aliphatic rings. The lowest BCUT2D eigenvalue weighted by Gasteiger charge is -2.12. The summed E-state index contributed by atoms with van der Waals surface area (Å²) in [6.45, 7) is 0. The molecular formula is C10H5F6N3O2. The number of esters is 1. The number of nitrogens with zero attached hydrogens (tertiary/aromatic N) is 3. The van der Waals surface area contributed by atoms with Crippen LogP contribution in [0.25, 0.3) is 5.65 Å². The zero-order chi connectivity index (χ0) is 16.0. The van der Waals surface area contributed by atoms with Crippen molar-refractivity contribution >= 4 is 11.6 Å². The Morgan fingerprint density at radius 1 is 1.19 bits per heavy atom. The van der Waals surface area contributed by atoms with Crippen LogP contribution >= 0.6 is 0 Å². The average Bonchev–Trinajstić information content (AvgIpc) is 2.78. The maximum absolute atomic E-state index is 12.8. The van der Waals surface area contributed by atoms with Gasteiger partial charge in [0.25, 0.3) is 0 Å². The number of ether oxygens (including phenoxy) is 1. The van der Waals surface area contributed by atoms with E-state index in [2.05, 4.69) is 14.8 Å². The Kier molecular flexibility index (Phi) is 3.30. The van der Waals surface area contributed by atoms with Crippen molar-refractivity contribution in [2.75, 3.05) is 7.11 Å². The van der Waals surface area contributed by atoms with Gasteiger partial charge in [-0.3, -0.25) is 0 Å². The lowest BCUT2D eigenvalue weighted by atomic mass is 10.2. The Balaban J connectivity index is 2.84. The van der Waals surface area contributed by atoms with Crippen LogP contribution in [0.5, 0.6) is 0 Å². The predicted molar refractivity (Wildman–Crippen MR) is 54.3 cm³/mol. The highest BCUT2D eigenvalue weighted by atomic mass is 19.4. The zero-order valence-electron chi connectivity index (χ0n) is 10.1. The van der Waals surface area contributed by atoms with Crippen molar-refractivity contribution in [3.05, 3.63) is 29.2 Å². The van der Waals surface area contributed by atoms with Crippen LogP contribution in [-0.4, -0.2) is 27.7 Å². The fraction of sp³-hybridized carbons (Fsp3) is 0.300. The maximum atomic E-state index is 12.8. The minimum atomic E-state index is -5.11. The van der Waals surface area contributed by atoms with E-state index in [0.29, 0.717) is 6.20 Å². The van der Waals surface area contributed by atoms with Gasteiger partial charge in [0.2, 0.25) is 0 Å². The van der Waals surface area contributed by atoms with Crippen molar-refractivity contribution in [2.45, 2.75) is 12.4 Å². The first-order valence-corrected chi connectivity index (χ1v) is 5.17. The monoisotopic (exact) mass is 313 g/mol. The molecule has 0 atom stereocenters. The molecule has 2 aromatic rings. The molecule has 0 unspecified atom stereocenters. The summed E-state index contributed by atoms with van der Waals surface area (Å²) in [6, 6.07) is -0.180. The molecule has 0 fully saturated rings. The van der Waals surface area contributed by atoms with Crippen LogP contribution in [0.3, 0.4) is 0 Å². The second kappa shape index (κ2) is 4.60. The minimum absolute atomic E-state index is 0.113. The number of carbonyl (C=O) groups excluding carboxylic acids is 1. The van der Waals surface area contributed by atoms with Crippen molar-refractivity contribution in [3.8, 4) is 0 Å². The topological polar surface area (TPSA) is 56.5 Å². The first-order valence-electron chi connectivity index (χ1n) is 5.17. The number of fused-ring (bicyclic) bond motifs is 1. The molecule has 0 amide bonds. The van der Waals surface area contributed by atoms with Crippen molar-refractivity contribution in [3.63, 3.8) is 0 Å². The van der Waals surface area contributed by atoms with E-state index in [4.69, 9.17) is 0 Å². The summed E-state index contributed by atoms with van der Waals surface area (Å²) < 4.78 is 80.7. The van der Waals surface area contributed by atoms with Crippen molar-refractivity contribution < 1.29 is 35.9 Å². The smallest absolute Gasteiger partial charge is 0.433 e. The quantitative estimate of drug-likeness (QED) is 0.600. The van der Waals surface area contributed by atoms with Crippen LogP contribution in [-0.2, 0) is 17.1 Å². The molecule has 2 aromatic heterocycles. The van der Waals surface area contributed by atoms with Gasteiger partial charge < -0.3 is 4.74 Å². The highest BCUT2D eigenvalue weighted by molar-refractivity contribution is 5.95. The number of hydrogen-bond acceptors (Lipinski definition) is 4. The third kappa shape index (κ3) is 2.62. The van der Waals surface area contributed by atoms with E-state index in [0.717, 1.165) is 7.11 Å². The minimum Gasteiger partial charge on any atom is -0.465 e. The maximum Gasteiger partial charge on any atom is 0.433 e. The van der Waals surface area contributed by atoms with Gasteiger partial charge in [0.15, 0.2) is 11.3 Å². The molecule has 0 spiro atoms. The lowest BCUT2D eigenvalue weighted by Crippen LogP contribution is -2.18. The molecule has 0 N–H and O–H groups in total. The number of rotatable bonds is 1. The molecule has 0 radical (unpaired) electrons. The van der Waals surface area contributed by atoms with Gasteiger partial charge in [-0.2, -0.15) is 31.4 Å². The van der Waals surface area contributed by atoms with Crippen molar-refractivity contribution in [2.24, 2.45) is 0 Å². The van der Waals surface area contributed by atoms with Gasteiger partial charge in [-0.25, -0.2) is 14.3 Å². The first kappa shape index (κ1) is 15.1. The zero-order valence-corrected chi connectivity index (χ0v) is 10.1. The van der Waals surface area contributed by atoms with Gasteiger partial charge in [-0.15, -0.1) is 0 Å². The van der Waals surface area contributed by atoms with Crippen LogP contribution in [0.2, 0.25) is 0 Å². The Bertz CT molecular complexity index is 703. The van der Waals surface area contributed by atoms with Gasteiger partial charge in [0.05, 0.1) is 13.3 Å². The Hall–Kier alpha value is -2.33. The molecule has 114 valence electrons. The molecule has 0 saturated heterocycles. The third-order valence-electron chi connectivity index (χ3n) is 2.46. The van der Waals surface area contributed by atoms with E-state index in [1.54, 1.807) is 0 Å². The van der Waals surface area contributed by atoms with Crippen LogP contribution < -0.4 is 0 Å². The third-order valence-corrected chi connectivity index (χ3v) is 2.46. The number of hydrogen-bond donors (Lipinski definition) is 0. The molecule has 11 heteroatoms. The van der Waals surface area contributed by atoms with Crippen LogP contribution in [0.1, 0.15) is 21.7 Å². The van der Waals surface area contributed by atoms with E-state index in [1.165, 1.54) is 0 Å². The Morgan fingerprint density at radius 2 is 1.81 bits per heavy atom. The number of carbonyl (C=O) groups is 1. The summed E-state index contributed by atoms with van der Waals surface area (Å²) in [5, 5.41) is 3.24. The SMILES string of the molecule is COC(=O)c1cnn2c(C(F)(F)F)cc(C(F)(F)F)nc12. The number of alkyl halides is 6. The summed E-state index contributed by atoms with van der Waals surface area (Å²) in [5.41, 5.74) is -4.97. The van der Waals surface area contributed by atoms with Crippen LogP contribution in [0.4, 0.5) is 26.3 Å². The summed E-state index contributed by atoms with van der Waals surface area (Å²) in [5.74, 6) is -1.15. The van der Waals surface area contributed by atoms with Gasteiger partial charge in [0.1, 0.15) is 11.3 Å². The fourth-order valence-electron chi connectivity index (χ4n) is 1.56. The molecule has 2 heterocycles. The molecular weight excluding hydrogens is 308 g/mol. The van der Waals surface area contributed by atoms with E-state index in [9.17, 15) is 31.1 Å². The normalized spacial score (nSPS) is 12.7. The van der Waals surface area contributed by atoms with Gasteiger partial charge in [-0.1, -0.05) is 0 Å². The molecule has 21 heavy (non-hydrogen) atoms. The van der Waals surface area contributed by atoms with Gasteiger partial charge in [-0.05, 0) is 6.07 Å². The Morgan fingerprint density at radius 3 is 2.29 bits per heavy atom. The second-order valence-corrected chi connectivity index (χ2v) is 3.81. The average molecular weight is 313 g/mol. The molecule has 0 aromatic carbocycles. The molecule has 5 nitrogen and oxygen atoms in total. The fourth-order valence-corrected chi connectivity index (χ4v) is 1.56. The summed E-state index contributed by atoms with van der Waals surface area (Å²) in [7, 11) is 0.921. The second-order valence-electron chi connectivity index (χ2n) is 3.81. The molecule has 0 saturated carbocycles. The largest absolute Gasteiger partial charge is 0.465 e. The summed E-state index contributed by atoms with van der Waals surface area (Å²) in [6.07, 6.45) is -9.57. The van der Waals surface area contributed by atoms with E-state index in [-0.39, 0.29) is 10.6 Å². The van der Waals surface area contributed by atoms with E-state index >= 15 is 0 Å².